The lowest BCUT2D eigenvalue weighted by Crippen LogP contribution is -2.61. The third kappa shape index (κ3) is 4.82. The van der Waals surface area contributed by atoms with E-state index in [1.54, 1.807) is 18.2 Å². The summed E-state index contributed by atoms with van der Waals surface area (Å²) in [7, 11) is 4.53. The number of para-hydroxylation sites is 1. The minimum absolute atomic E-state index is 0.0105. The number of likely N-dealkylation sites (tertiary alicyclic amines) is 1. The number of amides is 1. The highest BCUT2D eigenvalue weighted by atomic mass is 32.1. The van der Waals surface area contributed by atoms with Crippen LogP contribution in [0.15, 0.2) is 30.3 Å². The quantitative estimate of drug-likeness (QED) is 0.431. The zero-order valence-electron chi connectivity index (χ0n) is 20.8. The number of carbonyl (C=O) groups excluding carboxylic acids is 1. The van der Waals surface area contributed by atoms with E-state index in [-0.39, 0.29) is 23.5 Å². The maximum absolute atomic E-state index is 13.5. The first-order valence-corrected chi connectivity index (χ1v) is 12.9. The van der Waals surface area contributed by atoms with Crippen molar-refractivity contribution in [1.82, 2.24) is 14.8 Å². The highest BCUT2D eigenvalue weighted by Gasteiger charge is 2.40. The largest absolute Gasteiger partial charge is 0.493 e. The molecule has 2 atom stereocenters. The molecule has 2 aromatic carbocycles. The predicted molar refractivity (Wildman–Crippen MR) is 134 cm³/mol. The van der Waals surface area contributed by atoms with Crippen molar-refractivity contribution in [3.63, 3.8) is 0 Å². The Hall–Kier alpha value is -3.05. The van der Waals surface area contributed by atoms with Crippen LogP contribution in [0.2, 0.25) is 0 Å². The van der Waals surface area contributed by atoms with Crippen molar-refractivity contribution in [2.45, 2.75) is 44.1 Å². The molecule has 0 spiro atoms. The van der Waals surface area contributed by atoms with Crippen LogP contribution in [0.5, 0.6) is 17.2 Å². The van der Waals surface area contributed by atoms with Crippen LogP contribution in [0, 0.1) is 0 Å². The number of fused-ring (bicyclic) bond motifs is 3. The van der Waals surface area contributed by atoms with Gasteiger partial charge in [0.05, 0.1) is 43.7 Å². The van der Waals surface area contributed by atoms with Gasteiger partial charge in [0.15, 0.2) is 11.5 Å². The van der Waals surface area contributed by atoms with Crippen LogP contribution >= 0.6 is 11.3 Å². The molecule has 3 heterocycles. The summed E-state index contributed by atoms with van der Waals surface area (Å²) in [6.45, 7) is 1.54. The van der Waals surface area contributed by atoms with Gasteiger partial charge in [0.2, 0.25) is 5.75 Å². The van der Waals surface area contributed by atoms with Gasteiger partial charge in [-0.25, -0.2) is 4.98 Å². The summed E-state index contributed by atoms with van der Waals surface area (Å²) in [6.07, 6.45) is -1.57. The summed E-state index contributed by atoms with van der Waals surface area (Å²) in [5.74, 6) is 1.13. The minimum atomic E-state index is -4.44. The molecule has 3 aromatic rings. The second kappa shape index (κ2) is 10.0. The summed E-state index contributed by atoms with van der Waals surface area (Å²) >= 11 is 1.30. The smallest absolute Gasteiger partial charge is 0.418 e. The fraction of sp³-hybridized carbons (Fsp3) is 0.462. The lowest BCUT2D eigenvalue weighted by atomic mass is 9.91. The van der Waals surface area contributed by atoms with E-state index in [4.69, 9.17) is 14.2 Å². The van der Waals surface area contributed by atoms with Crippen LogP contribution in [0.25, 0.3) is 10.2 Å². The van der Waals surface area contributed by atoms with Crippen molar-refractivity contribution in [1.29, 1.82) is 0 Å². The molecule has 198 valence electrons. The second-order valence-electron chi connectivity index (χ2n) is 9.29. The maximum atomic E-state index is 13.5. The maximum Gasteiger partial charge on any atom is 0.418 e. The molecule has 7 nitrogen and oxygen atoms in total. The summed E-state index contributed by atoms with van der Waals surface area (Å²) in [4.78, 5) is 22.1. The van der Waals surface area contributed by atoms with Crippen molar-refractivity contribution < 1.29 is 32.2 Å². The number of benzene rings is 2. The Morgan fingerprint density at radius 3 is 2.27 bits per heavy atom. The molecule has 2 aliphatic rings. The van der Waals surface area contributed by atoms with Gasteiger partial charge in [-0.05, 0) is 37.1 Å². The fourth-order valence-electron chi connectivity index (χ4n) is 5.45. The Bertz CT molecular complexity index is 1270. The predicted octanol–water partition coefficient (Wildman–Crippen LogP) is 5.22. The van der Waals surface area contributed by atoms with Gasteiger partial charge < -0.3 is 19.1 Å². The van der Waals surface area contributed by atoms with E-state index in [9.17, 15) is 18.0 Å². The molecule has 2 saturated heterocycles. The SMILES string of the molecule is COc1cc(C(=O)N2C[C@H]3CCC[C@@H](C2)N3Cc2nc3c(C(F)(F)F)cccc3s2)cc(OC)c1OC. The Labute approximate surface area is 216 Å². The first-order chi connectivity index (χ1) is 17.7. The number of piperazine rings is 1. The molecule has 0 N–H and O–H groups in total. The highest BCUT2D eigenvalue weighted by molar-refractivity contribution is 7.18. The molecule has 2 aliphatic heterocycles. The third-order valence-corrected chi connectivity index (χ3v) is 8.17. The van der Waals surface area contributed by atoms with Gasteiger partial charge in [-0.2, -0.15) is 13.2 Å². The van der Waals surface area contributed by atoms with Crippen LogP contribution in [0.3, 0.4) is 0 Å². The molecule has 1 aromatic heterocycles. The Balaban J connectivity index is 1.37. The van der Waals surface area contributed by atoms with Crippen LogP contribution in [0.1, 0.15) is 40.2 Å². The fourth-order valence-corrected chi connectivity index (χ4v) is 6.46. The topological polar surface area (TPSA) is 64.1 Å². The van der Waals surface area contributed by atoms with Crippen molar-refractivity contribution in [3.05, 3.63) is 46.5 Å². The summed E-state index contributed by atoms with van der Waals surface area (Å²) < 4.78 is 57.1. The van der Waals surface area contributed by atoms with Crippen molar-refractivity contribution in [3.8, 4) is 17.2 Å². The second-order valence-corrected chi connectivity index (χ2v) is 10.4. The zero-order valence-corrected chi connectivity index (χ0v) is 21.6. The number of halogens is 3. The first kappa shape index (κ1) is 25.6. The number of ether oxygens (including phenoxy) is 3. The van der Waals surface area contributed by atoms with E-state index >= 15 is 0 Å². The monoisotopic (exact) mass is 535 g/mol. The van der Waals surface area contributed by atoms with E-state index in [0.29, 0.717) is 52.2 Å². The molecule has 2 fully saturated rings. The highest BCUT2D eigenvalue weighted by Crippen LogP contribution is 2.40. The number of hydrogen-bond donors (Lipinski definition) is 0. The zero-order chi connectivity index (χ0) is 26.3. The van der Waals surface area contributed by atoms with E-state index in [2.05, 4.69) is 9.88 Å². The molecule has 0 radical (unpaired) electrons. The van der Waals surface area contributed by atoms with Crippen LogP contribution in [0.4, 0.5) is 13.2 Å². The molecule has 1 amide bonds. The van der Waals surface area contributed by atoms with E-state index in [1.807, 2.05) is 4.90 Å². The number of nitrogens with zero attached hydrogens (tertiary/aromatic N) is 3. The standard InChI is InChI=1S/C26H28F3N3O4S/c1-34-19-10-15(11-20(35-2)24(19)36-3)25(33)31-12-16-6-4-7-17(13-31)32(16)14-22-30-23-18(26(27,28)29)8-5-9-21(23)37-22/h5,8-11,16-17H,4,6-7,12-14H2,1-3H3/t16-,17+. The van der Waals surface area contributed by atoms with Crippen LogP contribution in [-0.2, 0) is 12.7 Å². The molecule has 2 bridgehead atoms. The van der Waals surface area contributed by atoms with Gasteiger partial charge in [-0.15, -0.1) is 11.3 Å². The number of piperidine rings is 1. The van der Waals surface area contributed by atoms with E-state index in [0.717, 1.165) is 25.3 Å². The summed E-state index contributed by atoms with van der Waals surface area (Å²) in [5, 5.41) is 0.660. The van der Waals surface area contributed by atoms with Gasteiger partial charge in [0, 0.05) is 30.7 Å². The molecule has 0 saturated carbocycles. The number of hydrogen-bond acceptors (Lipinski definition) is 7. The number of thiazole rings is 1. The average Bonchev–Trinajstić information content (AvgIpc) is 3.29. The van der Waals surface area contributed by atoms with E-state index < -0.39 is 11.7 Å². The third-order valence-electron chi connectivity index (χ3n) is 7.16. The number of alkyl halides is 3. The van der Waals surface area contributed by atoms with Gasteiger partial charge >= 0.3 is 6.18 Å². The summed E-state index contributed by atoms with van der Waals surface area (Å²) in [5.41, 5.74) is -0.239. The van der Waals surface area contributed by atoms with Crippen LogP contribution in [-0.4, -0.2) is 67.2 Å². The van der Waals surface area contributed by atoms with Crippen molar-refractivity contribution in [2.75, 3.05) is 34.4 Å². The van der Waals surface area contributed by atoms with Crippen molar-refractivity contribution >= 4 is 27.5 Å². The molecular weight excluding hydrogens is 507 g/mol. The number of aromatic nitrogens is 1. The average molecular weight is 536 g/mol. The Morgan fingerprint density at radius 1 is 1.05 bits per heavy atom. The first-order valence-electron chi connectivity index (χ1n) is 12.0. The van der Waals surface area contributed by atoms with Gasteiger partial charge in [-0.3, -0.25) is 9.69 Å². The number of carbonyl (C=O) groups is 1. The Kier molecular flexibility index (Phi) is 6.93. The normalized spacial score (nSPS) is 20.2. The minimum Gasteiger partial charge on any atom is -0.493 e. The summed E-state index contributed by atoms with van der Waals surface area (Å²) in [6, 6.07) is 7.71. The molecule has 5 rings (SSSR count). The van der Waals surface area contributed by atoms with Crippen molar-refractivity contribution in [2.24, 2.45) is 0 Å². The lowest BCUT2D eigenvalue weighted by Gasteiger charge is -2.50. The molecule has 0 aliphatic carbocycles. The molecule has 0 unspecified atom stereocenters. The Morgan fingerprint density at radius 2 is 1.70 bits per heavy atom. The van der Waals surface area contributed by atoms with Gasteiger partial charge in [0.25, 0.3) is 5.91 Å². The number of rotatable bonds is 6. The van der Waals surface area contributed by atoms with E-state index in [1.165, 1.54) is 38.7 Å². The lowest BCUT2D eigenvalue weighted by molar-refractivity contribution is -0.136. The molecule has 11 heteroatoms. The molecule has 37 heavy (non-hydrogen) atoms. The van der Waals surface area contributed by atoms with Gasteiger partial charge in [0.1, 0.15) is 5.01 Å². The number of methoxy groups -OCH3 is 3. The van der Waals surface area contributed by atoms with Gasteiger partial charge in [-0.1, -0.05) is 12.5 Å². The molecular formula is C26H28F3N3O4S. The van der Waals surface area contributed by atoms with Crippen LogP contribution < -0.4 is 14.2 Å².